The highest BCUT2D eigenvalue weighted by atomic mass is 127. The standard InChI is InChI=1S/C35H46F3IN2O4Si/c1-32(2,3)46(4,5)45-24-18-33(11-6-12-33)17-23-27(24)29-28(30(41-23)21-9-14-42-15-10-21)31(44-34(29)13-16-43-20-25(34)39)22-7-8-26(40-19-22)35(36,37)38/h7-8,19,21,24-25,31H,6,9-18,20H2,1-5H3/t24-,25?,31+,34?/m0/s1. The maximum atomic E-state index is 13.6. The quantitative estimate of drug-likeness (QED) is 0.176. The van der Waals surface area contributed by atoms with E-state index in [-0.39, 0.29) is 26.4 Å². The van der Waals surface area contributed by atoms with Crippen LogP contribution in [-0.4, -0.2) is 48.6 Å². The normalized spacial score (nSPS) is 29.9. The van der Waals surface area contributed by atoms with Crippen molar-refractivity contribution in [3.05, 3.63) is 57.7 Å². The van der Waals surface area contributed by atoms with E-state index < -0.39 is 31.9 Å². The summed E-state index contributed by atoms with van der Waals surface area (Å²) >= 11 is 2.48. The molecule has 2 saturated heterocycles. The lowest BCUT2D eigenvalue weighted by molar-refractivity contribution is -0.141. The van der Waals surface area contributed by atoms with Crippen LogP contribution < -0.4 is 0 Å². The van der Waals surface area contributed by atoms with Gasteiger partial charge in [0.2, 0.25) is 0 Å². The largest absolute Gasteiger partial charge is 0.433 e. The van der Waals surface area contributed by atoms with Crippen molar-refractivity contribution in [2.75, 3.05) is 26.4 Å². The molecule has 46 heavy (non-hydrogen) atoms. The lowest BCUT2D eigenvalue weighted by Gasteiger charge is -2.51. The maximum Gasteiger partial charge on any atom is 0.433 e. The van der Waals surface area contributed by atoms with Crippen LogP contribution in [0.2, 0.25) is 18.1 Å². The van der Waals surface area contributed by atoms with Gasteiger partial charge in [0.25, 0.3) is 0 Å². The summed E-state index contributed by atoms with van der Waals surface area (Å²) < 4.78 is 67.3. The second kappa shape index (κ2) is 11.7. The summed E-state index contributed by atoms with van der Waals surface area (Å²) in [6.45, 7) is 14.0. The number of hydrogen-bond acceptors (Lipinski definition) is 6. The molecule has 0 amide bonds. The zero-order valence-electron chi connectivity index (χ0n) is 27.6. The number of ether oxygens (including phenoxy) is 3. The van der Waals surface area contributed by atoms with Gasteiger partial charge in [-0.3, -0.25) is 9.97 Å². The van der Waals surface area contributed by atoms with Crippen molar-refractivity contribution < 1.29 is 31.8 Å². The van der Waals surface area contributed by atoms with Gasteiger partial charge in [-0.1, -0.05) is 55.8 Å². The van der Waals surface area contributed by atoms with Gasteiger partial charge in [0.1, 0.15) is 17.4 Å². The van der Waals surface area contributed by atoms with Crippen molar-refractivity contribution in [2.45, 2.75) is 124 Å². The van der Waals surface area contributed by atoms with Gasteiger partial charge >= 0.3 is 6.18 Å². The molecule has 11 heteroatoms. The smallest absolute Gasteiger partial charge is 0.410 e. The maximum absolute atomic E-state index is 13.6. The van der Waals surface area contributed by atoms with E-state index in [1.165, 1.54) is 36.6 Å². The summed E-state index contributed by atoms with van der Waals surface area (Å²) in [5.41, 5.74) is 4.86. The zero-order chi connectivity index (χ0) is 32.7. The molecule has 0 aromatic carbocycles. The number of nitrogens with zero attached hydrogens (tertiary/aromatic N) is 2. The minimum Gasteiger partial charge on any atom is -0.410 e. The van der Waals surface area contributed by atoms with Crippen LogP contribution in [0.4, 0.5) is 13.2 Å². The molecule has 2 aromatic heterocycles. The fraction of sp³-hybridized carbons (Fsp3) is 0.714. The molecule has 2 spiro atoms. The topological polar surface area (TPSA) is 62.7 Å². The summed E-state index contributed by atoms with van der Waals surface area (Å²) in [5.74, 6) is 0.183. The average Bonchev–Trinajstić information content (AvgIpc) is 3.32. The van der Waals surface area contributed by atoms with Crippen LogP contribution in [0.5, 0.6) is 0 Å². The molecule has 7 rings (SSSR count). The average molecular weight is 771 g/mol. The molecule has 2 aliphatic carbocycles. The van der Waals surface area contributed by atoms with Crippen molar-refractivity contribution >= 4 is 30.9 Å². The van der Waals surface area contributed by atoms with Crippen molar-refractivity contribution in [1.29, 1.82) is 0 Å². The molecular weight excluding hydrogens is 724 g/mol. The van der Waals surface area contributed by atoms with Gasteiger partial charge in [-0.2, -0.15) is 13.2 Å². The molecule has 2 unspecified atom stereocenters. The highest BCUT2D eigenvalue weighted by Crippen LogP contribution is 2.62. The third-order valence-electron chi connectivity index (χ3n) is 11.9. The highest BCUT2D eigenvalue weighted by Gasteiger charge is 2.58. The SMILES string of the molecule is CC(C)(C)[Si](C)(C)O[C@H]1CC2(CCC2)Cc2nc(C3CCOCC3)c3c(c21)C1(CCOCC1I)O[C@@H]3c1ccc(C(F)(F)F)nc1. The van der Waals surface area contributed by atoms with E-state index in [0.717, 1.165) is 48.7 Å². The molecule has 3 fully saturated rings. The minimum atomic E-state index is -4.51. The first kappa shape index (κ1) is 33.4. The molecule has 3 aliphatic heterocycles. The Balaban J connectivity index is 1.48. The van der Waals surface area contributed by atoms with Crippen LogP contribution in [0.25, 0.3) is 0 Å². The van der Waals surface area contributed by atoms with Gasteiger partial charge in [0.15, 0.2) is 8.32 Å². The Morgan fingerprint density at radius 2 is 1.74 bits per heavy atom. The summed E-state index contributed by atoms with van der Waals surface area (Å²) in [6, 6.07) is 2.63. The molecular formula is C35H46F3IN2O4Si. The van der Waals surface area contributed by atoms with E-state index in [0.29, 0.717) is 38.4 Å². The van der Waals surface area contributed by atoms with Crippen molar-refractivity contribution in [3.8, 4) is 0 Å². The first-order valence-corrected chi connectivity index (χ1v) is 21.0. The fourth-order valence-corrected chi connectivity index (χ4v) is 10.5. The molecule has 4 atom stereocenters. The molecule has 1 saturated carbocycles. The number of fused-ring (bicyclic) bond motifs is 4. The van der Waals surface area contributed by atoms with Crippen LogP contribution in [0.15, 0.2) is 18.3 Å². The molecule has 5 heterocycles. The first-order chi connectivity index (χ1) is 21.6. The summed E-state index contributed by atoms with van der Waals surface area (Å²) in [7, 11) is -2.20. The third kappa shape index (κ3) is 5.60. The molecule has 0 bridgehead atoms. The minimum absolute atomic E-state index is 0.00663. The summed E-state index contributed by atoms with van der Waals surface area (Å²) in [6.07, 6.45) is 4.08. The predicted molar refractivity (Wildman–Crippen MR) is 180 cm³/mol. The second-order valence-electron chi connectivity index (χ2n) is 15.8. The van der Waals surface area contributed by atoms with E-state index in [2.05, 4.69) is 61.4 Å². The van der Waals surface area contributed by atoms with E-state index in [1.54, 1.807) is 6.07 Å². The second-order valence-corrected chi connectivity index (χ2v) is 22.0. The Morgan fingerprint density at radius 3 is 2.33 bits per heavy atom. The van der Waals surface area contributed by atoms with Gasteiger partial charge in [0, 0.05) is 66.3 Å². The van der Waals surface area contributed by atoms with Crippen LogP contribution in [0.1, 0.15) is 123 Å². The number of pyridine rings is 2. The van der Waals surface area contributed by atoms with Gasteiger partial charge in [0.05, 0.1) is 22.3 Å². The Morgan fingerprint density at radius 1 is 1.00 bits per heavy atom. The molecule has 252 valence electrons. The van der Waals surface area contributed by atoms with E-state index in [9.17, 15) is 13.2 Å². The molecule has 2 aromatic rings. The van der Waals surface area contributed by atoms with Gasteiger partial charge in [-0.25, -0.2) is 0 Å². The van der Waals surface area contributed by atoms with E-state index in [1.807, 2.05) is 0 Å². The van der Waals surface area contributed by atoms with Crippen molar-refractivity contribution in [2.24, 2.45) is 5.41 Å². The Hall–Kier alpha value is -1.12. The summed E-state index contributed by atoms with van der Waals surface area (Å²) in [4.78, 5) is 9.52. The Bertz CT molecular complexity index is 1470. The Kier molecular flexibility index (Phi) is 8.52. The van der Waals surface area contributed by atoms with Crippen LogP contribution >= 0.6 is 22.6 Å². The third-order valence-corrected chi connectivity index (χ3v) is 17.8. The van der Waals surface area contributed by atoms with Gasteiger partial charge in [-0.15, -0.1) is 0 Å². The van der Waals surface area contributed by atoms with Gasteiger partial charge in [-0.05, 0) is 68.1 Å². The Labute approximate surface area is 285 Å². The molecule has 0 N–H and O–H groups in total. The van der Waals surface area contributed by atoms with Gasteiger partial charge < -0.3 is 18.6 Å². The van der Waals surface area contributed by atoms with Crippen LogP contribution in [0.3, 0.4) is 0 Å². The highest BCUT2D eigenvalue weighted by molar-refractivity contribution is 14.1. The molecule has 5 aliphatic rings. The van der Waals surface area contributed by atoms with Crippen LogP contribution in [-0.2, 0) is 36.8 Å². The first-order valence-electron chi connectivity index (χ1n) is 16.9. The predicted octanol–water partition coefficient (Wildman–Crippen LogP) is 9.11. The lowest BCUT2D eigenvalue weighted by Crippen LogP contribution is -2.48. The van der Waals surface area contributed by atoms with E-state index in [4.69, 9.17) is 23.6 Å². The number of rotatable bonds is 4. The zero-order valence-corrected chi connectivity index (χ0v) is 30.7. The number of hydrogen-bond donors (Lipinski definition) is 0. The number of aromatic nitrogens is 2. The monoisotopic (exact) mass is 770 g/mol. The fourth-order valence-electron chi connectivity index (χ4n) is 8.19. The van der Waals surface area contributed by atoms with Crippen molar-refractivity contribution in [3.63, 3.8) is 0 Å². The molecule has 6 nitrogen and oxygen atoms in total. The van der Waals surface area contributed by atoms with E-state index >= 15 is 0 Å². The lowest BCUT2D eigenvalue weighted by atomic mass is 9.58. The van der Waals surface area contributed by atoms with Crippen molar-refractivity contribution in [1.82, 2.24) is 9.97 Å². The van der Waals surface area contributed by atoms with Crippen LogP contribution in [0, 0.1) is 5.41 Å². The summed E-state index contributed by atoms with van der Waals surface area (Å²) in [5, 5.41) is 0.0309. The number of halogens is 4. The number of alkyl halides is 4. The molecule has 0 radical (unpaired) electrons.